The number of hydrogen-bond acceptors (Lipinski definition) is 4. The van der Waals surface area contributed by atoms with Crippen molar-refractivity contribution in [1.82, 2.24) is 9.97 Å². The Labute approximate surface area is 154 Å². The van der Waals surface area contributed by atoms with Crippen LogP contribution in [0, 0.1) is 5.92 Å². The SMILES string of the molecule is c1ccc(CC2CCN(c3ccnc(Nc4ccccc4)n3)CC2)cc1. The molecule has 1 N–H and O–H groups in total. The molecule has 1 fully saturated rings. The summed E-state index contributed by atoms with van der Waals surface area (Å²) < 4.78 is 0. The van der Waals surface area contributed by atoms with E-state index in [1.165, 1.54) is 24.8 Å². The van der Waals surface area contributed by atoms with Crippen LogP contribution in [0.1, 0.15) is 18.4 Å². The summed E-state index contributed by atoms with van der Waals surface area (Å²) in [5.74, 6) is 2.43. The molecule has 0 saturated carbocycles. The lowest BCUT2D eigenvalue weighted by Crippen LogP contribution is -2.35. The van der Waals surface area contributed by atoms with Crippen molar-refractivity contribution in [3.05, 3.63) is 78.5 Å². The van der Waals surface area contributed by atoms with Crippen LogP contribution in [0.15, 0.2) is 72.9 Å². The second-order valence-electron chi connectivity index (χ2n) is 6.85. The first-order chi connectivity index (χ1) is 12.9. The average Bonchev–Trinajstić information content (AvgIpc) is 2.70. The Balaban J connectivity index is 1.36. The van der Waals surface area contributed by atoms with Crippen LogP contribution in [0.5, 0.6) is 0 Å². The summed E-state index contributed by atoms with van der Waals surface area (Å²) in [7, 11) is 0. The summed E-state index contributed by atoms with van der Waals surface area (Å²) in [5.41, 5.74) is 2.45. The van der Waals surface area contributed by atoms with E-state index in [1.807, 2.05) is 42.6 Å². The van der Waals surface area contributed by atoms with Gasteiger partial charge >= 0.3 is 0 Å². The van der Waals surface area contributed by atoms with Gasteiger partial charge in [-0.25, -0.2) is 4.98 Å². The van der Waals surface area contributed by atoms with Gasteiger partial charge in [0.15, 0.2) is 0 Å². The van der Waals surface area contributed by atoms with E-state index in [4.69, 9.17) is 4.98 Å². The van der Waals surface area contributed by atoms with Crippen LogP contribution in [-0.2, 0) is 6.42 Å². The normalized spacial score (nSPS) is 15.0. The summed E-state index contributed by atoms with van der Waals surface area (Å²) in [6, 6.07) is 22.9. The number of anilines is 3. The summed E-state index contributed by atoms with van der Waals surface area (Å²) in [4.78, 5) is 11.4. The Hall–Kier alpha value is -2.88. The molecule has 2 aromatic carbocycles. The van der Waals surface area contributed by atoms with E-state index in [-0.39, 0.29) is 0 Å². The lowest BCUT2D eigenvalue weighted by atomic mass is 9.90. The van der Waals surface area contributed by atoms with Crippen LogP contribution >= 0.6 is 0 Å². The van der Waals surface area contributed by atoms with Crippen molar-refractivity contribution >= 4 is 17.5 Å². The topological polar surface area (TPSA) is 41.1 Å². The average molecular weight is 344 g/mol. The molecule has 26 heavy (non-hydrogen) atoms. The van der Waals surface area contributed by atoms with Crippen molar-refractivity contribution in [3.8, 4) is 0 Å². The Morgan fingerprint density at radius 3 is 2.31 bits per heavy atom. The monoisotopic (exact) mass is 344 g/mol. The zero-order chi connectivity index (χ0) is 17.6. The van der Waals surface area contributed by atoms with Crippen molar-refractivity contribution < 1.29 is 0 Å². The van der Waals surface area contributed by atoms with Gasteiger partial charge < -0.3 is 10.2 Å². The predicted octanol–water partition coefficient (Wildman–Crippen LogP) is 4.68. The van der Waals surface area contributed by atoms with Crippen molar-refractivity contribution in [2.45, 2.75) is 19.3 Å². The Morgan fingerprint density at radius 1 is 0.885 bits per heavy atom. The fraction of sp³-hybridized carbons (Fsp3) is 0.273. The Kier molecular flexibility index (Phi) is 5.10. The number of aromatic nitrogens is 2. The summed E-state index contributed by atoms with van der Waals surface area (Å²) in [6.45, 7) is 2.11. The zero-order valence-corrected chi connectivity index (χ0v) is 14.9. The van der Waals surface area contributed by atoms with E-state index < -0.39 is 0 Å². The molecule has 4 rings (SSSR count). The van der Waals surface area contributed by atoms with Crippen LogP contribution in [-0.4, -0.2) is 23.1 Å². The van der Waals surface area contributed by atoms with Gasteiger partial charge in [0.25, 0.3) is 0 Å². The highest BCUT2D eigenvalue weighted by Crippen LogP contribution is 2.25. The quantitative estimate of drug-likeness (QED) is 0.730. The summed E-state index contributed by atoms with van der Waals surface area (Å²) in [6.07, 6.45) is 5.43. The highest BCUT2D eigenvalue weighted by Gasteiger charge is 2.20. The number of benzene rings is 2. The number of hydrogen-bond donors (Lipinski definition) is 1. The molecule has 1 aromatic heterocycles. The van der Waals surface area contributed by atoms with Gasteiger partial charge in [0.05, 0.1) is 0 Å². The molecule has 0 amide bonds. The molecule has 0 radical (unpaired) electrons. The number of para-hydroxylation sites is 1. The number of nitrogens with one attached hydrogen (secondary N) is 1. The molecular weight excluding hydrogens is 320 g/mol. The molecule has 2 heterocycles. The maximum Gasteiger partial charge on any atom is 0.229 e. The van der Waals surface area contributed by atoms with Crippen LogP contribution in [0.4, 0.5) is 17.5 Å². The van der Waals surface area contributed by atoms with Crippen molar-refractivity contribution in [2.24, 2.45) is 5.92 Å². The lowest BCUT2D eigenvalue weighted by Gasteiger charge is -2.33. The molecule has 1 aliphatic heterocycles. The summed E-state index contributed by atoms with van der Waals surface area (Å²) >= 11 is 0. The maximum atomic E-state index is 4.70. The summed E-state index contributed by atoms with van der Waals surface area (Å²) in [5, 5.41) is 3.28. The molecule has 0 unspecified atom stereocenters. The lowest BCUT2D eigenvalue weighted by molar-refractivity contribution is 0.402. The van der Waals surface area contributed by atoms with E-state index in [2.05, 4.69) is 45.5 Å². The Morgan fingerprint density at radius 2 is 1.58 bits per heavy atom. The van der Waals surface area contributed by atoms with Gasteiger partial charge in [-0.05, 0) is 48.9 Å². The molecule has 0 spiro atoms. The maximum absolute atomic E-state index is 4.70. The van der Waals surface area contributed by atoms with E-state index in [0.717, 1.165) is 30.5 Å². The highest BCUT2D eigenvalue weighted by molar-refractivity contribution is 5.54. The Bertz CT molecular complexity index is 812. The fourth-order valence-corrected chi connectivity index (χ4v) is 3.55. The van der Waals surface area contributed by atoms with E-state index in [9.17, 15) is 0 Å². The van der Waals surface area contributed by atoms with E-state index >= 15 is 0 Å². The highest BCUT2D eigenvalue weighted by atomic mass is 15.2. The standard InChI is InChI=1S/C22H24N4/c1-3-7-18(8-4-1)17-19-12-15-26(16-13-19)21-11-14-23-22(25-21)24-20-9-5-2-6-10-20/h1-11,14,19H,12-13,15-17H2,(H,23,24,25). The van der Waals surface area contributed by atoms with Crippen LogP contribution < -0.4 is 10.2 Å². The van der Waals surface area contributed by atoms with Crippen LogP contribution in [0.25, 0.3) is 0 Å². The molecule has 3 aromatic rings. The van der Waals surface area contributed by atoms with Gasteiger partial charge in [-0.3, -0.25) is 0 Å². The minimum atomic E-state index is 0.653. The third kappa shape index (κ3) is 4.20. The second kappa shape index (κ2) is 8.00. The molecule has 4 nitrogen and oxygen atoms in total. The predicted molar refractivity (Wildman–Crippen MR) is 107 cm³/mol. The first-order valence-electron chi connectivity index (χ1n) is 9.31. The molecular formula is C22H24N4. The zero-order valence-electron chi connectivity index (χ0n) is 14.9. The number of nitrogens with zero attached hydrogens (tertiary/aromatic N) is 3. The molecule has 4 heteroatoms. The largest absolute Gasteiger partial charge is 0.356 e. The van der Waals surface area contributed by atoms with Crippen molar-refractivity contribution in [3.63, 3.8) is 0 Å². The minimum Gasteiger partial charge on any atom is -0.356 e. The van der Waals surface area contributed by atoms with Crippen molar-refractivity contribution in [1.29, 1.82) is 0 Å². The van der Waals surface area contributed by atoms with Gasteiger partial charge in [0.2, 0.25) is 5.95 Å². The molecule has 0 aliphatic carbocycles. The minimum absolute atomic E-state index is 0.653. The first kappa shape index (κ1) is 16.6. The van der Waals surface area contributed by atoms with Crippen LogP contribution in [0.2, 0.25) is 0 Å². The van der Waals surface area contributed by atoms with Gasteiger partial charge in [-0.2, -0.15) is 4.98 Å². The smallest absolute Gasteiger partial charge is 0.229 e. The number of rotatable bonds is 5. The van der Waals surface area contributed by atoms with Crippen molar-refractivity contribution in [2.75, 3.05) is 23.3 Å². The second-order valence-corrected chi connectivity index (χ2v) is 6.85. The molecule has 1 saturated heterocycles. The third-order valence-electron chi connectivity index (χ3n) is 4.98. The van der Waals surface area contributed by atoms with E-state index in [1.54, 1.807) is 0 Å². The van der Waals surface area contributed by atoms with Gasteiger partial charge in [0, 0.05) is 25.0 Å². The molecule has 0 atom stereocenters. The fourth-order valence-electron chi connectivity index (χ4n) is 3.55. The number of piperidine rings is 1. The molecule has 0 bridgehead atoms. The van der Waals surface area contributed by atoms with Gasteiger partial charge in [0.1, 0.15) is 5.82 Å². The van der Waals surface area contributed by atoms with Crippen LogP contribution in [0.3, 0.4) is 0 Å². The third-order valence-corrected chi connectivity index (χ3v) is 4.98. The molecule has 132 valence electrons. The first-order valence-corrected chi connectivity index (χ1v) is 9.31. The van der Waals surface area contributed by atoms with Gasteiger partial charge in [-0.1, -0.05) is 48.5 Å². The van der Waals surface area contributed by atoms with Gasteiger partial charge in [-0.15, -0.1) is 0 Å². The molecule has 1 aliphatic rings. The van der Waals surface area contributed by atoms with E-state index in [0.29, 0.717) is 5.95 Å².